The summed E-state index contributed by atoms with van der Waals surface area (Å²) in [5.41, 5.74) is 0. The molecular formula is C8H18N2O2. The molecule has 72 valence electrons. The highest BCUT2D eigenvalue weighted by atomic mass is 16.3. The molecule has 0 aliphatic carbocycles. The summed E-state index contributed by atoms with van der Waals surface area (Å²) in [6.45, 7) is 2.66. The Bertz CT molecular complexity index is 137. The topological polar surface area (TPSA) is 52.6 Å². The van der Waals surface area contributed by atoms with Crippen LogP contribution in [0.2, 0.25) is 0 Å². The summed E-state index contributed by atoms with van der Waals surface area (Å²) in [4.78, 5) is 12.8. The van der Waals surface area contributed by atoms with Gasteiger partial charge < -0.3 is 15.3 Å². The number of hydrogen-bond acceptors (Lipinski definition) is 3. The molecule has 4 nitrogen and oxygen atoms in total. The van der Waals surface area contributed by atoms with Gasteiger partial charge in [-0.2, -0.15) is 0 Å². The smallest absolute Gasteiger partial charge is 0.238 e. The molecule has 0 rings (SSSR count). The molecular weight excluding hydrogens is 156 g/mol. The first-order chi connectivity index (χ1) is 5.59. The van der Waals surface area contributed by atoms with Gasteiger partial charge in [0, 0.05) is 20.7 Å². The number of amides is 1. The Morgan fingerprint density at radius 1 is 1.58 bits per heavy atom. The van der Waals surface area contributed by atoms with E-state index in [-0.39, 0.29) is 18.6 Å². The zero-order valence-corrected chi connectivity index (χ0v) is 8.00. The van der Waals surface area contributed by atoms with Crippen molar-refractivity contribution in [3.63, 3.8) is 0 Å². The monoisotopic (exact) mass is 174 g/mol. The van der Waals surface area contributed by atoms with Crippen molar-refractivity contribution >= 4 is 5.91 Å². The molecule has 0 aliphatic heterocycles. The third kappa shape index (κ3) is 4.31. The second kappa shape index (κ2) is 5.97. The van der Waals surface area contributed by atoms with Gasteiger partial charge in [-0.1, -0.05) is 0 Å². The molecule has 0 saturated heterocycles. The zero-order chi connectivity index (χ0) is 9.56. The third-order valence-electron chi connectivity index (χ3n) is 1.60. The molecule has 0 fully saturated rings. The highest BCUT2D eigenvalue weighted by Crippen LogP contribution is 1.88. The van der Waals surface area contributed by atoms with Crippen LogP contribution in [0.25, 0.3) is 0 Å². The normalized spacial score (nSPS) is 12.7. The maximum absolute atomic E-state index is 11.2. The molecule has 0 heterocycles. The SMILES string of the molecule is CC(NCCCO)C(=O)N(C)C. The van der Waals surface area contributed by atoms with Crippen molar-refractivity contribution < 1.29 is 9.90 Å². The molecule has 1 unspecified atom stereocenters. The summed E-state index contributed by atoms with van der Waals surface area (Å²) < 4.78 is 0. The fourth-order valence-electron chi connectivity index (χ4n) is 0.872. The van der Waals surface area contributed by atoms with E-state index >= 15 is 0 Å². The summed E-state index contributed by atoms with van der Waals surface area (Å²) in [5, 5.41) is 11.5. The number of rotatable bonds is 5. The Balaban J connectivity index is 3.57. The summed E-state index contributed by atoms with van der Waals surface area (Å²) >= 11 is 0. The maximum atomic E-state index is 11.2. The van der Waals surface area contributed by atoms with E-state index in [0.717, 1.165) is 0 Å². The third-order valence-corrected chi connectivity index (χ3v) is 1.60. The summed E-state index contributed by atoms with van der Waals surface area (Å²) in [5.74, 6) is 0.0629. The van der Waals surface area contributed by atoms with Crippen LogP contribution in [0.15, 0.2) is 0 Å². The predicted molar refractivity (Wildman–Crippen MR) is 47.9 cm³/mol. The largest absolute Gasteiger partial charge is 0.396 e. The molecule has 0 aromatic carbocycles. The molecule has 12 heavy (non-hydrogen) atoms. The van der Waals surface area contributed by atoms with Crippen LogP contribution in [0.1, 0.15) is 13.3 Å². The second-order valence-corrected chi connectivity index (χ2v) is 2.99. The van der Waals surface area contributed by atoms with Crippen molar-refractivity contribution in [1.82, 2.24) is 10.2 Å². The lowest BCUT2D eigenvalue weighted by atomic mass is 10.3. The molecule has 2 N–H and O–H groups in total. The van der Waals surface area contributed by atoms with E-state index in [1.54, 1.807) is 19.0 Å². The van der Waals surface area contributed by atoms with Crippen LogP contribution in [-0.4, -0.2) is 49.2 Å². The van der Waals surface area contributed by atoms with Gasteiger partial charge in [-0.15, -0.1) is 0 Å². The molecule has 4 heteroatoms. The number of carbonyl (C=O) groups is 1. The van der Waals surface area contributed by atoms with Gasteiger partial charge in [-0.25, -0.2) is 0 Å². The molecule has 1 atom stereocenters. The van der Waals surface area contributed by atoms with Crippen LogP contribution < -0.4 is 5.32 Å². The van der Waals surface area contributed by atoms with Crippen LogP contribution in [-0.2, 0) is 4.79 Å². The lowest BCUT2D eigenvalue weighted by Gasteiger charge is -2.17. The quantitative estimate of drug-likeness (QED) is 0.549. The van der Waals surface area contributed by atoms with Crippen LogP contribution in [0.5, 0.6) is 0 Å². The van der Waals surface area contributed by atoms with Crippen molar-refractivity contribution in [1.29, 1.82) is 0 Å². The molecule has 0 aromatic heterocycles. The van der Waals surface area contributed by atoms with Gasteiger partial charge in [0.25, 0.3) is 0 Å². The predicted octanol–water partition coefficient (Wildman–Crippen LogP) is -0.565. The van der Waals surface area contributed by atoms with Crippen molar-refractivity contribution in [3.05, 3.63) is 0 Å². The Morgan fingerprint density at radius 3 is 2.58 bits per heavy atom. The van der Waals surface area contributed by atoms with Crippen LogP contribution >= 0.6 is 0 Å². The second-order valence-electron chi connectivity index (χ2n) is 2.99. The molecule has 0 radical (unpaired) electrons. The van der Waals surface area contributed by atoms with E-state index in [2.05, 4.69) is 5.32 Å². The standard InChI is InChI=1S/C8H18N2O2/c1-7(8(12)10(2)3)9-5-4-6-11/h7,9,11H,4-6H2,1-3H3. The maximum Gasteiger partial charge on any atom is 0.238 e. The number of likely N-dealkylation sites (N-methyl/N-ethyl adjacent to an activating group) is 1. The summed E-state index contributed by atoms with van der Waals surface area (Å²) in [7, 11) is 3.46. The fraction of sp³-hybridized carbons (Fsp3) is 0.875. The Hall–Kier alpha value is -0.610. The van der Waals surface area contributed by atoms with Gasteiger partial charge >= 0.3 is 0 Å². The molecule has 0 spiro atoms. The van der Waals surface area contributed by atoms with E-state index < -0.39 is 0 Å². The lowest BCUT2D eigenvalue weighted by Crippen LogP contribution is -2.41. The average Bonchev–Trinajstić information content (AvgIpc) is 2.03. The molecule has 0 saturated carbocycles. The number of nitrogens with zero attached hydrogens (tertiary/aromatic N) is 1. The van der Waals surface area contributed by atoms with E-state index in [0.29, 0.717) is 13.0 Å². The van der Waals surface area contributed by atoms with Gasteiger partial charge in [0.05, 0.1) is 6.04 Å². The first-order valence-electron chi connectivity index (χ1n) is 4.15. The first kappa shape index (κ1) is 11.4. The summed E-state index contributed by atoms with van der Waals surface area (Å²) in [6.07, 6.45) is 0.686. The van der Waals surface area contributed by atoms with Crippen molar-refractivity contribution in [2.75, 3.05) is 27.2 Å². The number of nitrogens with one attached hydrogen (secondary N) is 1. The van der Waals surface area contributed by atoms with Crippen LogP contribution in [0.4, 0.5) is 0 Å². The minimum absolute atomic E-state index is 0.0629. The minimum atomic E-state index is -0.161. The van der Waals surface area contributed by atoms with E-state index in [1.807, 2.05) is 6.92 Å². The van der Waals surface area contributed by atoms with Gasteiger partial charge in [0.15, 0.2) is 0 Å². The highest BCUT2D eigenvalue weighted by molar-refractivity contribution is 5.80. The van der Waals surface area contributed by atoms with Crippen molar-refractivity contribution in [3.8, 4) is 0 Å². The van der Waals surface area contributed by atoms with Gasteiger partial charge in [-0.3, -0.25) is 4.79 Å². The zero-order valence-electron chi connectivity index (χ0n) is 8.00. The van der Waals surface area contributed by atoms with Crippen molar-refractivity contribution in [2.24, 2.45) is 0 Å². The Morgan fingerprint density at radius 2 is 2.17 bits per heavy atom. The minimum Gasteiger partial charge on any atom is -0.396 e. The van der Waals surface area contributed by atoms with Gasteiger partial charge in [0.2, 0.25) is 5.91 Å². The van der Waals surface area contributed by atoms with E-state index in [9.17, 15) is 4.79 Å². The summed E-state index contributed by atoms with van der Waals surface area (Å²) in [6, 6.07) is -0.161. The van der Waals surface area contributed by atoms with Crippen molar-refractivity contribution in [2.45, 2.75) is 19.4 Å². The first-order valence-corrected chi connectivity index (χ1v) is 4.15. The lowest BCUT2D eigenvalue weighted by molar-refractivity contribution is -0.130. The van der Waals surface area contributed by atoms with Gasteiger partial charge in [-0.05, 0) is 19.9 Å². The number of aliphatic hydroxyl groups excluding tert-OH is 1. The number of carbonyl (C=O) groups excluding carboxylic acids is 1. The number of hydrogen-bond donors (Lipinski definition) is 2. The van der Waals surface area contributed by atoms with Crippen LogP contribution in [0.3, 0.4) is 0 Å². The Labute approximate surface area is 73.6 Å². The molecule has 1 amide bonds. The molecule has 0 aromatic rings. The highest BCUT2D eigenvalue weighted by Gasteiger charge is 2.12. The van der Waals surface area contributed by atoms with Crippen LogP contribution in [0, 0.1) is 0 Å². The molecule has 0 bridgehead atoms. The Kier molecular flexibility index (Phi) is 5.66. The average molecular weight is 174 g/mol. The van der Waals surface area contributed by atoms with E-state index in [1.165, 1.54) is 0 Å². The number of aliphatic hydroxyl groups is 1. The van der Waals surface area contributed by atoms with Gasteiger partial charge in [0.1, 0.15) is 0 Å². The molecule has 0 aliphatic rings. The fourth-order valence-corrected chi connectivity index (χ4v) is 0.872. The van der Waals surface area contributed by atoms with E-state index in [4.69, 9.17) is 5.11 Å².